The molecule has 22 heavy (non-hydrogen) atoms. The predicted octanol–water partition coefficient (Wildman–Crippen LogP) is 0.358. The zero-order valence-corrected chi connectivity index (χ0v) is 12.3. The number of carbonyl (C=O) groups excluding carboxylic acids is 1. The SMILES string of the molecule is COc1ccc(N2CCN(C(=O)c3cc(N)n[nH]3)CC2)cn1. The second-order valence-corrected chi connectivity index (χ2v) is 5.04. The molecule has 0 saturated carbocycles. The molecule has 2 aromatic heterocycles. The molecule has 0 atom stereocenters. The normalized spacial score (nSPS) is 15.0. The summed E-state index contributed by atoms with van der Waals surface area (Å²) in [5.74, 6) is 0.845. The molecule has 1 aliphatic heterocycles. The van der Waals surface area contributed by atoms with Crippen LogP contribution in [0.25, 0.3) is 0 Å². The first-order valence-electron chi connectivity index (χ1n) is 7.02. The molecule has 1 fully saturated rings. The van der Waals surface area contributed by atoms with Crippen LogP contribution in [0.4, 0.5) is 11.5 Å². The first kappa shape index (κ1) is 14.2. The van der Waals surface area contributed by atoms with Crippen LogP contribution in [0, 0.1) is 0 Å². The van der Waals surface area contributed by atoms with Gasteiger partial charge in [0.2, 0.25) is 5.88 Å². The van der Waals surface area contributed by atoms with Gasteiger partial charge in [0.25, 0.3) is 5.91 Å². The Bertz CT molecular complexity index is 646. The fraction of sp³-hybridized carbons (Fsp3) is 0.357. The Morgan fingerprint density at radius 1 is 1.32 bits per heavy atom. The average Bonchev–Trinajstić information content (AvgIpc) is 3.01. The number of amides is 1. The maximum atomic E-state index is 12.3. The molecular weight excluding hydrogens is 284 g/mol. The van der Waals surface area contributed by atoms with Gasteiger partial charge in [0.15, 0.2) is 0 Å². The Morgan fingerprint density at radius 3 is 2.64 bits per heavy atom. The summed E-state index contributed by atoms with van der Waals surface area (Å²) in [6.45, 7) is 2.79. The number of nitrogen functional groups attached to an aromatic ring is 1. The second-order valence-electron chi connectivity index (χ2n) is 5.04. The first-order valence-corrected chi connectivity index (χ1v) is 7.02. The van der Waals surface area contributed by atoms with Gasteiger partial charge in [-0.3, -0.25) is 9.89 Å². The number of nitrogens with two attached hydrogens (primary N) is 1. The molecule has 0 aliphatic carbocycles. The number of pyridine rings is 1. The van der Waals surface area contributed by atoms with Crippen LogP contribution in [0.3, 0.4) is 0 Å². The van der Waals surface area contributed by atoms with Crippen molar-refractivity contribution in [3.8, 4) is 5.88 Å². The number of methoxy groups -OCH3 is 1. The van der Waals surface area contributed by atoms with Gasteiger partial charge in [0.05, 0.1) is 19.0 Å². The van der Waals surface area contributed by atoms with Crippen LogP contribution in [0.2, 0.25) is 0 Å². The van der Waals surface area contributed by atoms with Gasteiger partial charge >= 0.3 is 0 Å². The number of carbonyl (C=O) groups is 1. The number of aromatic nitrogens is 3. The summed E-state index contributed by atoms with van der Waals surface area (Å²) in [7, 11) is 1.59. The van der Waals surface area contributed by atoms with E-state index in [0.29, 0.717) is 30.5 Å². The molecular formula is C14H18N6O2. The van der Waals surface area contributed by atoms with Crippen LogP contribution in [0.5, 0.6) is 5.88 Å². The van der Waals surface area contributed by atoms with E-state index in [1.165, 1.54) is 0 Å². The fourth-order valence-electron chi connectivity index (χ4n) is 2.47. The van der Waals surface area contributed by atoms with Crippen molar-refractivity contribution in [1.82, 2.24) is 20.1 Å². The number of ether oxygens (including phenoxy) is 1. The fourth-order valence-corrected chi connectivity index (χ4v) is 2.47. The molecule has 3 rings (SSSR count). The van der Waals surface area contributed by atoms with E-state index in [2.05, 4.69) is 20.1 Å². The van der Waals surface area contributed by atoms with Crippen molar-refractivity contribution in [3.63, 3.8) is 0 Å². The minimum atomic E-state index is -0.0725. The Morgan fingerprint density at radius 2 is 2.09 bits per heavy atom. The highest BCUT2D eigenvalue weighted by Gasteiger charge is 2.23. The van der Waals surface area contributed by atoms with Crippen molar-refractivity contribution in [2.45, 2.75) is 0 Å². The maximum Gasteiger partial charge on any atom is 0.272 e. The average molecular weight is 302 g/mol. The van der Waals surface area contributed by atoms with Gasteiger partial charge in [-0.2, -0.15) is 5.10 Å². The molecule has 0 unspecified atom stereocenters. The molecule has 1 saturated heterocycles. The standard InChI is InChI=1S/C14H18N6O2/c1-22-13-3-2-10(9-16-13)19-4-6-20(7-5-19)14(21)11-8-12(15)18-17-11/h2-3,8-9H,4-7H2,1H3,(H3,15,17,18). The Labute approximate surface area is 127 Å². The zero-order valence-electron chi connectivity index (χ0n) is 12.3. The van der Waals surface area contributed by atoms with Crippen molar-refractivity contribution in [2.75, 3.05) is 43.9 Å². The number of nitrogens with zero attached hydrogens (tertiary/aromatic N) is 4. The van der Waals surface area contributed by atoms with Crippen molar-refractivity contribution >= 4 is 17.4 Å². The Balaban J connectivity index is 1.61. The molecule has 1 amide bonds. The summed E-state index contributed by atoms with van der Waals surface area (Å²) < 4.78 is 5.05. The molecule has 8 nitrogen and oxygen atoms in total. The van der Waals surface area contributed by atoms with E-state index in [9.17, 15) is 4.79 Å². The maximum absolute atomic E-state index is 12.3. The third-order valence-corrected chi connectivity index (χ3v) is 3.69. The lowest BCUT2D eigenvalue weighted by atomic mass is 10.2. The monoisotopic (exact) mass is 302 g/mol. The van der Waals surface area contributed by atoms with Crippen molar-refractivity contribution in [3.05, 3.63) is 30.1 Å². The van der Waals surface area contributed by atoms with Gasteiger partial charge in [0, 0.05) is 38.3 Å². The minimum absolute atomic E-state index is 0.0725. The number of nitrogens with one attached hydrogen (secondary N) is 1. The summed E-state index contributed by atoms with van der Waals surface area (Å²) in [5.41, 5.74) is 6.98. The summed E-state index contributed by atoms with van der Waals surface area (Å²) in [6.07, 6.45) is 1.78. The smallest absolute Gasteiger partial charge is 0.272 e. The number of hydrogen-bond donors (Lipinski definition) is 2. The minimum Gasteiger partial charge on any atom is -0.481 e. The number of piperazine rings is 1. The van der Waals surface area contributed by atoms with E-state index < -0.39 is 0 Å². The lowest BCUT2D eigenvalue weighted by Gasteiger charge is -2.35. The van der Waals surface area contributed by atoms with Crippen molar-refractivity contribution in [1.29, 1.82) is 0 Å². The van der Waals surface area contributed by atoms with E-state index in [1.807, 2.05) is 12.1 Å². The van der Waals surface area contributed by atoms with Gasteiger partial charge in [-0.1, -0.05) is 0 Å². The number of anilines is 2. The summed E-state index contributed by atoms with van der Waals surface area (Å²) in [6, 6.07) is 5.36. The van der Waals surface area contributed by atoms with Crippen LogP contribution in [-0.2, 0) is 0 Å². The van der Waals surface area contributed by atoms with Gasteiger partial charge in [-0.05, 0) is 6.07 Å². The number of hydrogen-bond acceptors (Lipinski definition) is 6. The van der Waals surface area contributed by atoms with Crippen LogP contribution >= 0.6 is 0 Å². The van der Waals surface area contributed by atoms with Gasteiger partial charge in [-0.15, -0.1) is 0 Å². The highest BCUT2D eigenvalue weighted by Crippen LogP contribution is 2.18. The zero-order chi connectivity index (χ0) is 15.5. The molecule has 0 radical (unpaired) electrons. The lowest BCUT2D eigenvalue weighted by molar-refractivity contribution is 0.0741. The number of rotatable bonds is 3. The third-order valence-electron chi connectivity index (χ3n) is 3.69. The molecule has 0 aromatic carbocycles. The Hall–Kier alpha value is -2.77. The van der Waals surface area contributed by atoms with Gasteiger partial charge in [0.1, 0.15) is 11.5 Å². The molecule has 0 spiro atoms. The number of aromatic amines is 1. The van der Waals surface area contributed by atoms with Crippen molar-refractivity contribution < 1.29 is 9.53 Å². The van der Waals surface area contributed by atoms with Crippen LogP contribution in [0.15, 0.2) is 24.4 Å². The highest BCUT2D eigenvalue weighted by atomic mass is 16.5. The largest absolute Gasteiger partial charge is 0.481 e. The lowest BCUT2D eigenvalue weighted by Crippen LogP contribution is -2.48. The van der Waals surface area contributed by atoms with Crippen molar-refractivity contribution in [2.24, 2.45) is 0 Å². The summed E-state index contributed by atoms with van der Waals surface area (Å²) in [4.78, 5) is 20.5. The van der Waals surface area contributed by atoms with Gasteiger partial charge < -0.3 is 20.3 Å². The third kappa shape index (κ3) is 2.80. The highest BCUT2D eigenvalue weighted by molar-refractivity contribution is 5.93. The molecule has 8 heteroatoms. The molecule has 0 bridgehead atoms. The Kier molecular flexibility index (Phi) is 3.82. The first-order chi connectivity index (χ1) is 10.7. The molecule has 116 valence electrons. The van der Waals surface area contributed by atoms with Crippen LogP contribution < -0.4 is 15.4 Å². The topological polar surface area (TPSA) is 100 Å². The second kappa shape index (κ2) is 5.92. The van der Waals surface area contributed by atoms with E-state index in [4.69, 9.17) is 10.5 Å². The quantitative estimate of drug-likeness (QED) is 0.849. The number of H-pyrrole nitrogens is 1. The van der Waals surface area contributed by atoms with E-state index in [-0.39, 0.29) is 5.91 Å². The predicted molar refractivity (Wildman–Crippen MR) is 81.9 cm³/mol. The van der Waals surface area contributed by atoms with E-state index in [1.54, 1.807) is 24.3 Å². The van der Waals surface area contributed by atoms with Gasteiger partial charge in [-0.25, -0.2) is 4.98 Å². The molecule has 2 aromatic rings. The van der Waals surface area contributed by atoms with E-state index in [0.717, 1.165) is 18.8 Å². The molecule has 1 aliphatic rings. The summed E-state index contributed by atoms with van der Waals surface area (Å²) >= 11 is 0. The summed E-state index contributed by atoms with van der Waals surface area (Å²) in [5, 5.41) is 6.44. The molecule has 3 heterocycles. The van der Waals surface area contributed by atoms with Crippen LogP contribution in [-0.4, -0.2) is 59.3 Å². The molecule has 3 N–H and O–H groups in total. The van der Waals surface area contributed by atoms with E-state index >= 15 is 0 Å². The van der Waals surface area contributed by atoms with Crippen LogP contribution in [0.1, 0.15) is 10.5 Å².